The molecule has 1 aromatic rings. The Morgan fingerprint density at radius 3 is 2.31 bits per heavy atom. The lowest BCUT2D eigenvalue weighted by molar-refractivity contribution is -0.142. The van der Waals surface area contributed by atoms with Gasteiger partial charge in [-0.05, 0) is 30.0 Å². The van der Waals surface area contributed by atoms with E-state index in [2.05, 4.69) is 29.8 Å². The van der Waals surface area contributed by atoms with Crippen molar-refractivity contribution < 1.29 is 9.53 Å². The van der Waals surface area contributed by atoms with E-state index in [1.54, 1.807) is 0 Å². The molecule has 0 radical (unpaired) electrons. The van der Waals surface area contributed by atoms with Gasteiger partial charge in [0.05, 0.1) is 13.0 Å². The van der Waals surface area contributed by atoms with Gasteiger partial charge >= 0.3 is 5.97 Å². The molecule has 0 aliphatic carbocycles. The second kappa shape index (κ2) is 6.04. The molecule has 0 saturated heterocycles. The smallest absolute Gasteiger partial charge is 0.313 e. The minimum Gasteiger partial charge on any atom is -0.469 e. The van der Waals surface area contributed by atoms with Gasteiger partial charge in [-0.25, -0.2) is 0 Å². The number of halogens is 1. The third-order valence-corrected chi connectivity index (χ3v) is 2.99. The lowest BCUT2D eigenvalue weighted by Gasteiger charge is -2.17. The predicted molar refractivity (Wildman–Crippen MR) is 68.4 cm³/mol. The number of hydrogen-bond donors (Lipinski definition) is 0. The molecule has 0 spiro atoms. The van der Waals surface area contributed by atoms with Crippen LogP contribution in [0.2, 0.25) is 0 Å². The molecule has 0 saturated carbocycles. The molecular formula is C13H17BrO2. The molecular weight excluding hydrogens is 268 g/mol. The maximum atomic E-state index is 11.7. The van der Waals surface area contributed by atoms with E-state index in [9.17, 15) is 4.79 Å². The zero-order chi connectivity index (χ0) is 12.1. The van der Waals surface area contributed by atoms with Crippen molar-refractivity contribution in [1.29, 1.82) is 0 Å². The van der Waals surface area contributed by atoms with Crippen LogP contribution in [0.1, 0.15) is 31.7 Å². The fourth-order valence-electron chi connectivity index (χ4n) is 1.68. The third-order valence-electron chi connectivity index (χ3n) is 2.47. The number of benzene rings is 1. The summed E-state index contributed by atoms with van der Waals surface area (Å²) in [6.45, 7) is 4.21. The van der Waals surface area contributed by atoms with E-state index in [0.29, 0.717) is 5.92 Å². The quantitative estimate of drug-likeness (QED) is 0.787. The molecule has 1 atom stereocenters. The van der Waals surface area contributed by atoms with Gasteiger partial charge < -0.3 is 4.74 Å². The summed E-state index contributed by atoms with van der Waals surface area (Å²) in [7, 11) is 1.44. The molecule has 0 aliphatic heterocycles. The highest BCUT2D eigenvalue weighted by Crippen LogP contribution is 2.26. The van der Waals surface area contributed by atoms with E-state index in [4.69, 9.17) is 4.74 Å². The molecule has 16 heavy (non-hydrogen) atoms. The summed E-state index contributed by atoms with van der Waals surface area (Å²) in [4.78, 5) is 11.7. The first kappa shape index (κ1) is 13.2. The Hall–Kier alpha value is -0.830. The molecule has 0 amide bonds. The molecule has 0 bridgehead atoms. The Morgan fingerprint density at radius 1 is 1.31 bits per heavy atom. The van der Waals surface area contributed by atoms with Gasteiger partial charge in [0.1, 0.15) is 0 Å². The minimum absolute atomic E-state index is 0.155. The summed E-state index contributed by atoms with van der Waals surface area (Å²) in [5.41, 5.74) is 1.02. The summed E-state index contributed by atoms with van der Waals surface area (Å²) in [6.07, 6.45) is 0.814. The third kappa shape index (κ3) is 3.63. The Balaban J connectivity index is 2.91. The van der Waals surface area contributed by atoms with E-state index in [1.165, 1.54) is 7.11 Å². The molecule has 3 heteroatoms. The second-order valence-electron chi connectivity index (χ2n) is 4.26. The van der Waals surface area contributed by atoms with Crippen molar-refractivity contribution >= 4 is 21.9 Å². The van der Waals surface area contributed by atoms with E-state index < -0.39 is 0 Å². The summed E-state index contributed by atoms with van der Waals surface area (Å²) < 4.78 is 5.87. The van der Waals surface area contributed by atoms with Crippen LogP contribution in [0.3, 0.4) is 0 Å². The van der Waals surface area contributed by atoms with Gasteiger partial charge in [-0.3, -0.25) is 4.79 Å². The van der Waals surface area contributed by atoms with Crippen molar-refractivity contribution in [2.24, 2.45) is 5.92 Å². The number of hydrogen-bond acceptors (Lipinski definition) is 2. The van der Waals surface area contributed by atoms with Crippen molar-refractivity contribution in [2.45, 2.75) is 26.2 Å². The van der Waals surface area contributed by atoms with Gasteiger partial charge in [0.15, 0.2) is 0 Å². The topological polar surface area (TPSA) is 26.3 Å². The van der Waals surface area contributed by atoms with Gasteiger partial charge in [0.2, 0.25) is 0 Å². The maximum absolute atomic E-state index is 11.7. The molecule has 1 rings (SSSR count). The van der Waals surface area contributed by atoms with Crippen molar-refractivity contribution in [3.63, 3.8) is 0 Å². The molecule has 0 fully saturated rings. The standard InChI is InChI=1S/C13H17BrO2/c1-9(2)8-12(13(15)16-3)10-4-6-11(14)7-5-10/h4-7,9,12H,8H2,1-3H3. The van der Waals surface area contributed by atoms with Gasteiger partial charge in [0, 0.05) is 4.47 Å². The first-order chi connectivity index (χ1) is 7.54. The lowest BCUT2D eigenvalue weighted by atomic mass is 9.90. The van der Waals surface area contributed by atoms with Crippen LogP contribution in [0.25, 0.3) is 0 Å². The van der Waals surface area contributed by atoms with Crippen molar-refractivity contribution in [2.75, 3.05) is 7.11 Å². The SMILES string of the molecule is COC(=O)C(CC(C)C)c1ccc(Br)cc1. The van der Waals surface area contributed by atoms with E-state index >= 15 is 0 Å². The molecule has 0 aromatic heterocycles. The summed E-state index contributed by atoms with van der Waals surface area (Å²) in [5.74, 6) is 0.155. The van der Waals surface area contributed by atoms with Crippen LogP contribution in [0.5, 0.6) is 0 Å². The van der Waals surface area contributed by atoms with Crippen LogP contribution in [0, 0.1) is 5.92 Å². The van der Waals surface area contributed by atoms with Crippen molar-refractivity contribution in [3.05, 3.63) is 34.3 Å². The minimum atomic E-state index is -0.156. The van der Waals surface area contributed by atoms with Gasteiger partial charge in [-0.2, -0.15) is 0 Å². The summed E-state index contributed by atoms with van der Waals surface area (Å²) in [6, 6.07) is 7.83. The van der Waals surface area contributed by atoms with Crippen LogP contribution in [-0.2, 0) is 9.53 Å². The maximum Gasteiger partial charge on any atom is 0.313 e. The zero-order valence-electron chi connectivity index (χ0n) is 9.87. The fourth-order valence-corrected chi connectivity index (χ4v) is 1.94. The molecule has 0 N–H and O–H groups in total. The first-order valence-corrected chi connectivity index (χ1v) is 6.17. The fraction of sp³-hybridized carbons (Fsp3) is 0.462. The van der Waals surface area contributed by atoms with E-state index in [-0.39, 0.29) is 11.9 Å². The monoisotopic (exact) mass is 284 g/mol. The van der Waals surface area contributed by atoms with E-state index in [1.807, 2.05) is 24.3 Å². The molecule has 1 aromatic carbocycles. The average Bonchev–Trinajstić information content (AvgIpc) is 2.26. The highest BCUT2D eigenvalue weighted by molar-refractivity contribution is 9.10. The molecule has 1 unspecified atom stereocenters. The largest absolute Gasteiger partial charge is 0.469 e. The highest BCUT2D eigenvalue weighted by atomic mass is 79.9. The van der Waals surface area contributed by atoms with Gasteiger partial charge in [-0.15, -0.1) is 0 Å². The van der Waals surface area contributed by atoms with E-state index in [0.717, 1.165) is 16.5 Å². The van der Waals surface area contributed by atoms with Crippen molar-refractivity contribution in [1.82, 2.24) is 0 Å². The molecule has 2 nitrogen and oxygen atoms in total. The summed E-state index contributed by atoms with van der Waals surface area (Å²) >= 11 is 3.38. The summed E-state index contributed by atoms with van der Waals surface area (Å²) in [5, 5.41) is 0. The Bertz CT molecular complexity index is 343. The predicted octanol–water partition coefficient (Wildman–Crippen LogP) is 3.75. The Kier molecular flexibility index (Phi) is 5.00. The van der Waals surface area contributed by atoms with Gasteiger partial charge in [0.25, 0.3) is 0 Å². The van der Waals surface area contributed by atoms with Crippen LogP contribution < -0.4 is 0 Å². The molecule has 88 valence electrons. The number of esters is 1. The average molecular weight is 285 g/mol. The van der Waals surface area contributed by atoms with Crippen LogP contribution in [0.4, 0.5) is 0 Å². The van der Waals surface area contributed by atoms with Gasteiger partial charge in [-0.1, -0.05) is 41.9 Å². The zero-order valence-corrected chi connectivity index (χ0v) is 11.5. The first-order valence-electron chi connectivity index (χ1n) is 5.38. The van der Waals surface area contributed by atoms with Crippen LogP contribution >= 0.6 is 15.9 Å². The highest BCUT2D eigenvalue weighted by Gasteiger charge is 2.22. The number of methoxy groups -OCH3 is 1. The number of carbonyl (C=O) groups excluding carboxylic acids is 1. The number of rotatable bonds is 4. The van der Waals surface area contributed by atoms with Crippen molar-refractivity contribution in [3.8, 4) is 0 Å². The molecule has 0 aliphatic rings. The normalized spacial score (nSPS) is 12.6. The Labute approximate surface area is 105 Å². The number of carbonyl (C=O) groups is 1. The second-order valence-corrected chi connectivity index (χ2v) is 5.17. The number of ether oxygens (including phenoxy) is 1. The molecule has 0 heterocycles. The Morgan fingerprint density at radius 2 is 1.88 bits per heavy atom. The van der Waals surface area contributed by atoms with Crippen LogP contribution in [-0.4, -0.2) is 13.1 Å². The lowest BCUT2D eigenvalue weighted by Crippen LogP contribution is -2.16. The van der Waals surface area contributed by atoms with Crippen LogP contribution in [0.15, 0.2) is 28.7 Å².